The normalized spacial score (nSPS) is 16.0. The molecule has 4 rings (SSSR count). The first-order valence-electron chi connectivity index (χ1n) is 8.89. The lowest BCUT2D eigenvalue weighted by molar-refractivity contribution is 0.460. The molecular formula is C20H20ClN3O2S. The van der Waals surface area contributed by atoms with Crippen molar-refractivity contribution < 1.29 is 8.42 Å². The fourth-order valence-corrected chi connectivity index (χ4v) is 5.00. The van der Waals surface area contributed by atoms with Crippen molar-refractivity contribution in [3.8, 4) is 0 Å². The van der Waals surface area contributed by atoms with Crippen LogP contribution < -0.4 is 9.62 Å². The van der Waals surface area contributed by atoms with E-state index in [1.54, 1.807) is 30.5 Å². The summed E-state index contributed by atoms with van der Waals surface area (Å²) < 4.78 is 27.9. The van der Waals surface area contributed by atoms with Crippen LogP contribution in [0.1, 0.15) is 12.8 Å². The average Bonchev–Trinajstić information content (AvgIpc) is 2.68. The van der Waals surface area contributed by atoms with E-state index in [4.69, 9.17) is 11.6 Å². The predicted octanol–water partition coefficient (Wildman–Crippen LogP) is 3.84. The lowest BCUT2D eigenvalue weighted by Crippen LogP contribution is -2.44. The number of benzene rings is 2. The third-order valence-electron chi connectivity index (χ3n) is 4.89. The third-order valence-corrected chi connectivity index (χ3v) is 6.66. The number of sulfonamides is 1. The molecule has 0 bridgehead atoms. The molecule has 2 heterocycles. The van der Waals surface area contributed by atoms with E-state index < -0.39 is 10.0 Å². The number of fused-ring (bicyclic) bond motifs is 1. The van der Waals surface area contributed by atoms with E-state index in [0.29, 0.717) is 9.92 Å². The van der Waals surface area contributed by atoms with Crippen LogP contribution in [0.25, 0.3) is 10.9 Å². The molecule has 2 aromatic carbocycles. The van der Waals surface area contributed by atoms with Crippen molar-refractivity contribution in [2.75, 3.05) is 18.0 Å². The minimum atomic E-state index is -3.47. The molecule has 27 heavy (non-hydrogen) atoms. The molecule has 1 saturated heterocycles. The third kappa shape index (κ3) is 3.93. The smallest absolute Gasteiger partial charge is 0.240 e. The SMILES string of the molecule is O=S(=O)(NC1CCN(c2ccnc3cc(Cl)ccc23)CC1)c1ccccc1. The Morgan fingerprint density at radius 3 is 2.52 bits per heavy atom. The second-order valence-electron chi connectivity index (χ2n) is 6.69. The monoisotopic (exact) mass is 401 g/mol. The van der Waals surface area contributed by atoms with Crippen molar-refractivity contribution in [1.29, 1.82) is 0 Å². The second-order valence-corrected chi connectivity index (χ2v) is 8.84. The number of hydrogen-bond acceptors (Lipinski definition) is 4. The van der Waals surface area contributed by atoms with Crippen molar-refractivity contribution in [3.05, 3.63) is 65.8 Å². The highest BCUT2D eigenvalue weighted by Gasteiger charge is 2.25. The summed E-state index contributed by atoms with van der Waals surface area (Å²) in [6.45, 7) is 1.56. The van der Waals surface area contributed by atoms with Crippen LogP contribution in [-0.2, 0) is 10.0 Å². The Kier molecular flexibility index (Phi) is 5.04. The van der Waals surface area contributed by atoms with Gasteiger partial charge in [0.25, 0.3) is 0 Å². The van der Waals surface area contributed by atoms with Gasteiger partial charge in [-0.2, -0.15) is 0 Å². The van der Waals surface area contributed by atoms with E-state index in [-0.39, 0.29) is 6.04 Å². The summed E-state index contributed by atoms with van der Waals surface area (Å²) in [5, 5.41) is 1.73. The molecular weight excluding hydrogens is 382 g/mol. The average molecular weight is 402 g/mol. The molecule has 1 aliphatic heterocycles. The van der Waals surface area contributed by atoms with Crippen molar-refractivity contribution in [2.45, 2.75) is 23.8 Å². The van der Waals surface area contributed by atoms with E-state index in [1.165, 1.54) is 0 Å². The maximum Gasteiger partial charge on any atom is 0.240 e. The lowest BCUT2D eigenvalue weighted by atomic mass is 10.0. The van der Waals surface area contributed by atoms with Gasteiger partial charge in [0, 0.05) is 41.4 Å². The number of hydrogen-bond donors (Lipinski definition) is 1. The van der Waals surface area contributed by atoms with E-state index in [9.17, 15) is 8.42 Å². The Bertz CT molecular complexity index is 1050. The molecule has 1 N–H and O–H groups in total. The predicted molar refractivity (Wildman–Crippen MR) is 109 cm³/mol. The van der Waals surface area contributed by atoms with Gasteiger partial charge in [-0.3, -0.25) is 4.98 Å². The van der Waals surface area contributed by atoms with Crippen LogP contribution in [0.2, 0.25) is 5.02 Å². The number of nitrogens with zero attached hydrogens (tertiary/aromatic N) is 2. The van der Waals surface area contributed by atoms with Gasteiger partial charge < -0.3 is 4.90 Å². The molecule has 140 valence electrons. The fourth-order valence-electron chi connectivity index (χ4n) is 3.51. The van der Waals surface area contributed by atoms with Crippen LogP contribution in [0.5, 0.6) is 0 Å². The Labute approximate surface area is 164 Å². The van der Waals surface area contributed by atoms with Gasteiger partial charge in [0.05, 0.1) is 10.4 Å². The maximum atomic E-state index is 12.5. The van der Waals surface area contributed by atoms with Crippen LogP contribution >= 0.6 is 11.6 Å². The molecule has 0 saturated carbocycles. The molecule has 0 aliphatic carbocycles. The molecule has 1 aliphatic rings. The number of halogens is 1. The zero-order chi connectivity index (χ0) is 18.9. The van der Waals surface area contributed by atoms with E-state index in [2.05, 4.69) is 14.6 Å². The number of nitrogens with one attached hydrogen (secondary N) is 1. The van der Waals surface area contributed by atoms with Gasteiger partial charge in [-0.15, -0.1) is 0 Å². The van der Waals surface area contributed by atoms with Crippen LogP contribution in [0.4, 0.5) is 5.69 Å². The number of rotatable bonds is 4. The van der Waals surface area contributed by atoms with Crippen molar-refractivity contribution >= 4 is 38.2 Å². The summed E-state index contributed by atoms with van der Waals surface area (Å²) >= 11 is 6.07. The molecule has 1 fully saturated rings. The van der Waals surface area contributed by atoms with Gasteiger partial charge in [-0.1, -0.05) is 29.8 Å². The van der Waals surface area contributed by atoms with Crippen molar-refractivity contribution in [3.63, 3.8) is 0 Å². The fraction of sp³-hybridized carbons (Fsp3) is 0.250. The van der Waals surface area contributed by atoms with Crippen LogP contribution in [0, 0.1) is 0 Å². The standard InChI is InChI=1S/C20H20ClN3O2S/c21-15-6-7-18-19(14-15)22-11-8-20(18)24-12-9-16(10-13-24)23-27(25,26)17-4-2-1-3-5-17/h1-8,11,14,16,23H,9-10,12-13H2. The summed E-state index contributed by atoms with van der Waals surface area (Å²) in [6, 6.07) is 16.2. The van der Waals surface area contributed by atoms with E-state index >= 15 is 0 Å². The lowest BCUT2D eigenvalue weighted by Gasteiger charge is -2.34. The summed E-state index contributed by atoms with van der Waals surface area (Å²) in [5.74, 6) is 0. The number of pyridine rings is 1. The zero-order valence-corrected chi connectivity index (χ0v) is 16.2. The molecule has 7 heteroatoms. The largest absolute Gasteiger partial charge is 0.371 e. The van der Waals surface area contributed by atoms with Gasteiger partial charge in [0.15, 0.2) is 0 Å². The Morgan fingerprint density at radius 1 is 1.04 bits per heavy atom. The summed E-state index contributed by atoms with van der Waals surface area (Å²) in [5.41, 5.74) is 1.98. The van der Waals surface area contributed by atoms with Crippen LogP contribution in [0.3, 0.4) is 0 Å². The highest BCUT2D eigenvalue weighted by Crippen LogP contribution is 2.29. The second kappa shape index (κ2) is 7.46. The molecule has 5 nitrogen and oxygen atoms in total. The zero-order valence-electron chi connectivity index (χ0n) is 14.7. The van der Waals surface area contributed by atoms with Crippen LogP contribution in [-0.4, -0.2) is 32.5 Å². The highest BCUT2D eigenvalue weighted by atomic mass is 35.5. The minimum absolute atomic E-state index is 0.0611. The van der Waals surface area contributed by atoms with Gasteiger partial charge in [0.1, 0.15) is 0 Å². The van der Waals surface area contributed by atoms with E-state index in [0.717, 1.165) is 42.5 Å². The molecule has 3 aromatic rings. The number of piperidine rings is 1. The first-order valence-corrected chi connectivity index (χ1v) is 10.8. The minimum Gasteiger partial charge on any atom is -0.371 e. The topological polar surface area (TPSA) is 62.3 Å². The molecule has 0 atom stereocenters. The molecule has 0 unspecified atom stereocenters. The van der Waals surface area contributed by atoms with Gasteiger partial charge in [-0.05, 0) is 49.2 Å². The summed E-state index contributed by atoms with van der Waals surface area (Å²) in [6.07, 6.45) is 3.30. The maximum absolute atomic E-state index is 12.5. The van der Waals surface area contributed by atoms with Gasteiger partial charge in [0.2, 0.25) is 10.0 Å². The Hall–Kier alpha value is -2.15. The summed E-state index contributed by atoms with van der Waals surface area (Å²) in [4.78, 5) is 6.98. The molecule has 1 aromatic heterocycles. The molecule has 0 amide bonds. The van der Waals surface area contributed by atoms with E-state index in [1.807, 2.05) is 30.3 Å². The van der Waals surface area contributed by atoms with Crippen LogP contribution in [0.15, 0.2) is 65.7 Å². The molecule has 0 spiro atoms. The number of aromatic nitrogens is 1. The number of anilines is 1. The summed E-state index contributed by atoms with van der Waals surface area (Å²) in [7, 11) is -3.47. The van der Waals surface area contributed by atoms with Crippen molar-refractivity contribution in [1.82, 2.24) is 9.71 Å². The van der Waals surface area contributed by atoms with Gasteiger partial charge in [-0.25, -0.2) is 13.1 Å². The van der Waals surface area contributed by atoms with Gasteiger partial charge >= 0.3 is 0 Å². The first-order chi connectivity index (χ1) is 13.0. The molecule has 0 radical (unpaired) electrons. The first kappa shape index (κ1) is 18.2. The quantitative estimate of drug-likeness (QED) is 0.721. The highest BCUT2D eigenvalue weighted by molar-refractivity contribution is 7.89. The Morgan fingerprint density at radius 2 is 1.78 bits per heavy atom. The Balaban J connectivity index is 1.47. The van der Waals surface area contributed by atoms with Crippen molar-refractivity contribution in [2.24, 2.45) is 0 Å².